The highest BCUT2D eigenvalue weighted by Gasteiger charge is 2.34. The summed E-state index contributed by atoms with van der Waals surface area (Å²) in [6.07, 6.45) is -4.67. The van der Waals surface area contributed by atoms with Gasteiger partial charge >= 0.3 is 6.18 Å². The van der Waals surface area contributed by atoms with Crippen molar-refractivity contribution in [2.75, 3.05) is 11.1 Å². The van der Waals surface area contributed by atoms with Gasteiger partial charge in [0.2, 0.25) is 5.91 Å². The number of thioether (sulfide) groups is 1. The average Bonchev–Trinajstić information content (AvgIpc) is 3.01. The second kappa shape index (κ2) is 8.42. The minimum Gasteiger partial charge on any atom is -0.324 e. The van der Waals surface area contributed by atoms with Gasteiger partial charge in [0.1, 0.15) is 5.82 Å². The fourth-order valence-corrected chi connectivity index (χ4v) is 3.44. The summed E-state index contributed by atoms with van der Waals surface area (Å²) in [5, 5.41) is 10.1. The first-order chi connectivity index (χ1) is 13.7. The molecule has 1 N–H and O–H groups in total. The molecule has 0 radical (unpaired) electrons. The molecule has 5 nitrogen and oxygen atoms in total. The van der Waals surface area contributed by atoms with Crippen LogP contribution in [-0.2, 0) is 18.0 Å². The number of alkyl halides is 3. The lowest BCUT2D eigenvalue weighted by atomic mass is 10.1. The van der Waals surface area contributed by atoms with Crippen LogP contribution in [0.25, 0.3) is 11.4 Å². The Morgan fingerprint density at radius 2 is 1.90 bits per heavy atom. The topological polar surface area (TPSA) is 59.8 Å². The molecular weight excluding hydrogens is 432 g/mol. The van der Waals surface area contributed by atoms with Crippen molar-refractivity contribution in [2.45, 2.75) is 11.3 Å². The summed E-state index contributed by atoms with van der Waals surface area (Å²) in [5.41, 5.74) is -1.30. The third kappa shape index (κ3) is 4.70. The van der Waals surface area contributed by atoms with Crippen molar-refractivity contribution in [3.8, 4) is 11.4 Å². The van der Waals surface area contributed by atoms with E-state index in [1.54, 1.807) is 19.2 Å². The fraction of sp³-hybridized carbons (Fsp3) is 0.167. The highest BCUT2D eigenvalue weighted by atomic mass is 35.5. The molecule has 0 saturated carbocycles. The molecule has 0 saturated heterocycles. The minimum absolute atomic E-state index is 0.223. The fourth-order valence-electron chi connectivity index (χ4n) is 2.51. The lowest BCUT2D eigenvalue weighted by Gasteiger charge is -2.15. The lowest BCUT2D eigenvalue weighted by molar-refractivity contribution is -0.137. The summed E-state index contributed by atoms with van der Waals surface area (Å²) in [7, 11) is 1.60. The van der Waals surface area contributed by atoms with Gasteiger partial charge < -0.3 is 9.88 Å². The number of hydrogen-bond acceptors (Lipinski definition) is 4. The molecule has 1 amide bonds. The zero-order chi connectivity index (χ0) is 21.2. The van der Waals surface area contributed by atoms with E-state index in [-0.39, 0.29) is 22.2 Å². The number of nitrogens with zero attached hydrogens (tertiary/aromatic N) is 3. The Kier molecular flexibility index (Phi) is 6.13. The van der Waals surface area contributed by atoms with E-state index in [1.165, 1.54) is 22.8 Å². The van der Waals surface area contributed by atoms with E-state index in [0.29, 0.717) is 5.16 Å². The maximum absolute atomic E-state index is 13.9. The van der Waals surface area contributed by atoms with E-state index in [4.69, 9.17) is 11.6 Å². The summed E-state index contributed by atoms with van der Waals surface area (Å²) >= 11 is 6.77. The van der Waals surface area contributed by atoms with E-state index in [9.17, 15) is 22.4 Å². The Bertz CT molecular complexity index is 1050. The Balaban J connectivity index is 1.73. The molecule has 0 unspecified atom stereocenters. The predicted octanol–water partition coefficient (Wildman–Crippen LogP) is 5.02. The molecule has 0 spiro atoms. The van der Waals surface area contributed by atoms with E-state index in [1.807, 2.05) is 0 Å². The normalized spacial score (nSPS) is 11.5. The van der Waals surface area contributed by atoms with Crippen LogP contribution in [0.3, 0.4) is 0 Å². The molecule has 29 heavy (non-hydrogen) atoms. The Morgan fingerprint density at radius 1 is 1.17 bits per heavy atom. The largest absolute Gasteiger partial charge is 0.418 e. The first-order valence-corrected chi connectivity index (χ1v) is 9.47. The lowest BCUT2D eigenvalue weighted by Crippen LogP contribution is -2.18. The molecule has 0 aliphatic rings. The summed E-state index contributed by atoms with van der Waals surface area (Å²) in [5.74, 6) is -1.16. The number of carbonyl (C=O) groups is 1. The van der Waals surface area contributed by atoms with Crippen LogP contribution in [-0.4, -0.2) is 26.4 Å². The molecule has 0 bridgehead atoms. The molecule has 1 aromatic heterocycles. The number of halogens is 5. The molecule has 0 fully saturated rings. The zero-order valence-electron chi connectivity index (χ0n) is 14.8. The van der Waals surface area contributed by atoms with Crippen LogP contribution in [0, 0.1) is 5.82 Å². The number of anilines is 1. The molecule has 0 aliphatic carbocycles. The molecule has 152 valence electrons. The first-order valence-electron chi connectivity index (χ1n) is 8.11. The first kappa shape index (κ1) is 21.1. The number of rotatable bonds is 5. The van der Waals surface area contributed by atoms with Crippen molar-refractivity contribution in [3.63, 3.8) is 0 Å². The predicted molar refractivity (Wildman–Crippen MR) is 102 cm³/mol. The van der Waals surface area contributed by atoms with Gasteiger partial charge in [-0.3, -0.25) is 4.79 Å². The van der Waals surface area contributed by atoms with Crippen molar-refractivity contribution in [3.05, 3.63) is 58.9 Å². The summed E-state index contributed by atoms with van der Waals surface area (Å²) < 4.78 is 54.8. The SMILES string of the molecule is Cn1c(SCC(=O)Nc2c(Cl)cccc2C(F)(F)F)nnc1-c1ccccc1F. The monoisotopic (exact) mass is 444 g/mol. The molecule has 11 heteroatoms. The van der Waals surface area contributed by atoms with Gasteiger partial charge in [0, 0.05) is 7.05 Å². The van der Waals surface area contributed by atoms with Gasteiger partial charge in [-0.1, -0.05) is 41.6 Å². The average molecular weight is 445 g/mol. The Morgan fingerprint density at radius 3 is 2.59 bits per heavy atom. The van der Waals surface area contributed by atoms with Crippen molar-refractivity contribution in [2.24, 2.45) is 7.05 Å². The maximum Gasteiger partial charge on any atom is 0.418 e. The van der Waals surface area contributed by atoms with Crippen LogP contribution in [0.2, 0.25) is 5.02 Å². The molecule has 3 rings (SSSR count). The number of aromatic nitrogens is 3. The summed E-state index contributed by atoms with van der Waals surface area (Å²) in [6.45, 7) is 0. The highest BCUT2D eigenvalue weighted by molar-refractivity contribution is 7.99. The third-order valence-corrected chi connectivity index (χ3v) is 5.20. The standard InChI is InChI=1S/C18H13ClF4N4OS/c1-27-16(10-5-2-3-8-13(10)20)25-26-17(27)29-9-14(28)24-15-11(18(21,22)23)6-4-7-12(15)19/h2-8H,9H2,1H3,(H,24,28). The summed E-state index contributed by atoms with van der Waals surface area (Å²) in [4.78, 5) is 12.2. The number of benzene rings is 2. The van der Waals surface area contributed by atoms with Gasteiger partial charge in [0.15, 0.2) is 11.0 Å². The maximum atomic E-state index is 13.9. The van der Waals surface area contributed by atoms with E-state index in [2.05, 4.69) is 15.5 Å². The molecular formula is C18H13ClF4N4OS. The van der Waals surface area contributed by atoms with Gasteiger partial charge in [-0.15, -0.1) is 10.2 Å². The summed E-state index contributed by atoms with van der Waals surface area (Å²) in [6, 6.07) is 9.25. The highest BCUT2D eigenvalue weighted by Crippen LogP contribution is 2.38. The quantitative estimate of drug-likeness (QED) is 0.443. The van der Waals surface area contributed by atoms with Crippen LogP contribution in [0.4, 0.5) is 23.2 Å². The Labute approximate surface area is 172 Å². The number of para-hydroxylation sites is 1. The smallest absolute Gasteiger partial charge is 0.324 e. The molecule has 2 aromatic carbocycles. The second-order valence-corrected chi connectivity index (χ2v) is 7.19. The van der Waals surface area contributed by atoms with Gasteiger partial charge in [0.25, 0.3) is 0 Å². The third-order valence-electron chi connectivity index (χ3n) is 3.87. The second-order valence-electron chi connectivity index (χ2n) is 5.84. The van der Waals surface area contributed by atoms with Gasteiger partial charge in [0.05, 0.1) is 27.6 Å². The van der Waals surface area contributed by atoms with E-state index >= 15 is 0 Å². The Hall–Kier alpha value is -2.59. The van der Waals surface area contributed by atoms with Crippen LogP contribution >= 0.6 is 23.4 Å². The number of nitrogens with one attached hydrogen (secondary N) is 1. The van der Waals surface area contributed by atoms with Crippen LogP contribution in [0.15, 0.2) is 47.6 Å². The molecule has 0 atom stereocenters. The van der Waals surface area contributed by atoms with Crippen molar-refractivity contribution in [1.82, 2.24) is 14.8 Å². The van der Waals surface area contributed by atoms with Crippen molar-refractivity contribution in [1.29, 1.82) is 0 Å². The zero-order valence-corrected chi connectivity index (χ0v) is 16.4. The number of hydrogen-bond donors (Lipinski definition) is 1. The number of amides is 1. The van der Waals surface area contributed by atoms with Crippen molar-refractivity contribution >= 4 is 35.0 Å². The van der Waals surface area contributed by atoms with Gasteiger partial charge in [-0.25, -0.2) is 4.39 Å². The van der Waals surface area contributed by atoms with Gasteiger partial charge in [-0.2, -0.15) is 13.2 Å². The van der Waals surface area contributed by atoms with Crippen LogP contribution in [0.1, 0.15) is 5.56 Å². The van der Waals surface area contributed by atoms with Crippen LogP contribution in [0.5, 0.6) is 0 Å². The van der Waals surface area contributed by atoms with Crippen molar-refractivity contribution < 1.29 is 22.4 Å². The molecule has 0 aliphatic heterocycles. The molecule has 1 heterocycles. The van der Waals surface area contributed by atoms with E-state index in [0.717, 1.165) is 23.9 Å². The molecule has 3 aromatic rings. The van der Waals surface area contributed by atoms with Crippen LogP contribution < -0.4 is 5.32 Å². The van der Waals surface area contributed by atoms with E-state index < -0.39 is 29.2 Å². The number of carbonyl (C=O) groups excluding carboxylic acids is 1. The van der Waals surface area contributed by atoms with Gasteiger partial charge in [-0.05, 0) is 24.3 Å². The minimum atomic E-state index is -4.67.